The van der Waals surface area contributed by atoms with Gasteiger partial charge in [0.05, 0.1) is 12.7 Å². The van der Waals surface area contributed by atoms with Gasteiger partial charge in [-0.3, -0.25) is 4.79 Å². The molecule has 0 amide bonds. The molecular weight excluding hydrogens is 432 g/mol. The van der Waals surface area contributed by atoms with E-state index in [1.165, 1.54) is 77.0 Å². The highest BCUT2D eigenvalue weighted by Gasteiger charge is 2.60. The number of aliphatic hydroxyl groups is 1. The van der Waals surface area contributed by atoms with E-state index in [9.17, 15) is 9.90 Å². The second kappa shape index (κ2) is 11.9. The highest BCUT2D eigenvalue weighted by molar-refractivity contribution is 5.69. The van der Waals surface area contributed by atoms with Crippen LogP contribution >= 0.6 is 0 Å². The first-order valence-corrected chi connectivity index (χ1v) is 15.6. The summed E-state index contributed by atoms with van der Waals surface area (Å²) in [7, 11) is 0. The fraction of sp³-hybridized carbons (Fsp3) is 0.969. The summed E-state index contributed by atoms with van der Waals surface area (Å²) in [5, 5.41) is 10.3. The normalized spacial score (nSPS) is 41.5. The van der Waals surface area contributed by atoms with Crippen LogP contribution in [0.1, 0.15) is 137 Å². The number of aliphatic hydroxyl groups excluding tert-OH is 1. The molecule has 1 unspecified atom stereocenters. The van der Waals surface area contributed by atoms with E-state index < -0.39 is 0 Å². The molecule has 202 valence electrons. The average molecular weight is 489 g/mol. The maximum Gasteiger partial charge on any atom is 0.305 e. The Bertz CT molecular complexity index is 690. The lowest BCUT2D eigenvalue weighted by atomic mass is 9.44. The van der Waals surface area contributed by atoms with E-state index in [-0.39, 0.29) is 12.1 Å². The molecule has 4 fully saturated rings. The number of carbonyl (C=O) groups is 1. The van der Waals surface area contributed by atoms with Crippen molar-refractivity contribution >= 4 is 5.97 Å². The molecule has 9 atom stereocenters. The summed E-state index contributed by atoms with van der Waals surface area (Å²) in [6, 6.07) is 0. The maximum atomic E-state index is 12.4. The summed E-state index contributed by atoms with van der Waals surface area (Å²) in [6.45, 7) is 10.5. The molecule has 4 aliphatic carbocycles. The van der Waals surface area contributed by atoms with Gasteiger partial charge >= 0.3 is 5.97 Å². The lowest BCUT2D eigenvalue weighted by Gasteiger charge is -2.61. The van der Waals surface area contributed by atoms with Gasteiger partial charge in [-0.2, -0.15) is 0 Å². The van der Waals surface area contributed by atoms with Crippen molar-refractivity contribution in [3.8, 4) is 0 Å². The number of esters is 1. The third-order valence-corrected chi connectivity index (χ3v) is 12.0. The average Bonchev–Trinajstić information content (AvgIpc) is 3.19. The summed E-state index contributed by atoms with van der Waals surface area (Å²) in [6.07, 6.45) is 20.5. The van der Waals surface area contributed by atoms with Gasteiger partial charge in [0, 0.05) is 6.42 Å². The highest BCUT2D eigenvalue weighted by atomic mass is 16.5. The Balaban J connectivity index is 1.25. The summed E-state index contributed by atoms with van der Waals surface area (Å²) in [4.78, 5) is 12.4. The van der Waals surface area contributed by atoms with Crippen molar-refractivity contribution in [3.63, 3.8) is 0 Å². The van der Waals surface area contributed by atoms with Crippen molar-refractivity contribution in [1.29, 1.82) is 0 Å². The maximum absolute atomic E-state index is 12.4. The summed E-state index contributed by atoms with van der Waals surface area (Å²) >= 11 is 0. The molecule has 0 radical (unpaired) electrons. The first-order chi connectivity index (χ1) is 16.8. The lowest BCUT2D eigenvalue weighted by Crippen LogP contribution is -2.54. The molecule has 4 saturated carbocycles. The van der Waals surface area contributed by atoms with E-state index in [1.54, 1.807) is 0 Å². The molecule has 0 heterocycles. The van der Waals surface area contributed by atoms with Gasteiger partial charge in [-0.15, -0.1) is 0 Å². The van der Waals surface area contributed by atoms with Crippen LogP contribution in [0.5, 0.6) is 0 Å². The summed E-state index contributed by atoms with van der Waals surface area (Å²) in [5.41, 5.74) is 0.924. The first-order valence-electron chi connectivity index (χ1n) is 15.6. The van der Waals surface area contributed by atoms with Gasteiger partial charge in [-0.1, -0.05) is 59.8 Å². The van der Waals surface area contributed by atoms with Crippen LogP contribution in [0.4, 0.5) is 0 Å². The second-order valence-electron chi connectivity index (χ2n) is 13.8. The Morgan fingerprint density at radius 2 is 1.63 bits per heavy atom. The third kappa shape index (κ3) is 5.80. The number of fused-ring (bicyclic) bond motifs is 5. The zero-order valence-corrected chi connectivity index (χ0v) is 23.5. The van der Waals surface area contributed by atoms with E-state index >= 15 is 0 Å². The molecule has 0 spiro atoms. The number of unbranched alkanes of at least 4 members (excludes halogenated alkanes) is 5. The quantitative estimate of drug-likeness (QED) is 0.235. The van der Waals surface area contributed by atoms with Gasteiger partial charge in [0.15, 0.2) is 0 Å². The molecule has 0 aromatic heterocycles. The Kier molecular flexibility index (Phi) is 9.31. The van der Waals surface area contributed by atoms with Crippen molar-refractivity contribution in [2.24, 2.45) is 46.3 Å². The zero-order valence-electron chi connectivity index (χ0n) is 23.5. The molecule has 0 aliphatic heterocycles. The van der Waals surface area contributed by atoms with Crippen molar-refractivity contribution in [2.75, 3.05) is 6.61 Å². The molecule has 0 aromatic carbocycles. The van der Waals surface area contributed by atoms with Gasteiger partial charge in [0.25, 0.3) is 0 Å². The van der Waals surface area contributed by atoms with Crippen LogP contribution in [0.25, 0.3) is 0 Å². The van der Waals surface area contributed by atoms with E-state index in [4.69, 9.17) is 4.74 Å². The van der Waals surface area contributed by atoms with Crippen LogP contribution in [0, 0.1) is 46.3 Å². The largest absolute Gasteiger partial charge is 0.466 e. The van der Waals surface area contributed by atoms with Crippen LogP contribution in [-0.2, 0) is 9.53 Å². The molecule has 0 bridgehead atoms. The standard InChI is InChI=1S/C32H56O3/c1-5-6-7-8-9-10-21-35-30(34)16-11-23(2)27-14-15-28-26-13-12-24-22-25(33)17-19-31(24,3)29(26)18-20-32(27,28)4/h23-29,33H,5-22H2,1-4H3/t23-,24?,25-,26+,27-,28+,29+,31+,32-/m1/s1. The molecular formula is C32H56O3. The van der Waals surface area contributed by atoms with Gasteiger partial charge < -0.3 is 9.84 Å². The van der Waals surface area contributed by atoms with Crippen molar-refractivity contribution in [3.05, 3.63) is 0 Å². The molecule has 4 aliphatic rings. The molecule has 1 N–H and O–H groups in total. The number of hydrogen-bond donors (Lipinski definition) is 1. The van der Waals surface area contributed by atoms with E-state index in [0.717, 1.165) is 55.3 Å². The summed E-state index contributed by atoms with van der Waals surface area (Å²) < 4.78 is 5.58. The third-order valence-electron chi connectivity index (χ3n) is 12.0. The van der Waals surface area contributed by atoms with Gasteiger partial charge in [0.2, 0.25) is 0 Å². The van der Waals surface area contributed by atoms with Crippen molar-refractivity contribution in [1.82, 2.24) is 0 Å². The highest BCUT2D eigenvalue weighted by Crippen LogP contribution is 2.68. The Morgan fingerprint density at radius 3 is 2.43 bits per heavy atom. The molecule has 0 aromatic rings. The molecule has 0 saturated heterocycles. The van der Waals surface area contributed by atoms with Crippen molar-refractivity contribution in [2.45, 2.75) is 143 Å². The smallest absolute Gasteiger partial charge is 0.305 e. The Hall–Kier alpha value is -0.570. The Labute approximate surface area is 216 Å². The fourth-order valence-corrected chi connectivity index (χ4v) is 9.90. The predicted molar refractivity (Wildman–Crippen MR) is 144 cm³/mol. The molecule has 3 heteroatoms. The predicted octanol–water partition coefficient (Wildman–Crippen LogP) is 8.33. The first kappa shape index (κ1) is 27.5. The van der Waals surface area contributed by atoms with Crippen molar-refractivity contribution < 1.29 is 14.6 Å². The number of hydrogen-bond acceptors (Lipinski definition) is 3. The molecule has 4 rings (SSSR count). The lowest BCUT2D eigenvalue weighted by molar-refractivity contribution is -0.144. The van der Waals surface area contributed by atoms with Gasteiger partial charge in [-0.25, -0.2) is 0 Å². The van der Waals surface area contributed by atoms with Crippen LogP contribution in [0.15, 0.2) is 0 Å². The minimum Gasteiger partial charge on any atom is -0.466 e. The van der Waals surface area contributed by atoms with Crippen LogP contribution in [0.2, 0.25) is 0 Å². The Morgan fingerprint density at radius 1 is 0.914 bits per heavy atom. The van der Waals surface area contributed by atoms with Gasteiger partial charge in [0.1, 0.15) is 0 Å². The van der Waals surface area contributed by atoms with E-state index in [1.807, 2.05) is 0 Å². The monoisotopic (exact) mass is 488 g/mol. The second-order valence-corrected chi connectivity index (χ2v) is 13.8. The van der Waals surface area contributed by atoms with Crippen LogP contribution in [-0.4, -0.2) is 23.8 Å². The SMILES string of the molecule is CCCCCCCCOC(=O)CC[C@@H](C)[C@H]1CC[C@H]2[C@@H]3CCC4C[C@H](O)CC[C@]4(C)[C@H]3CC[C@]12C. The fourth-order valence-electron chi connectivity index (χ4n) is 9.90. The number of rotatable bonds is 11. The topological polar surface area (TPSA) is 46.5 Å². The minimum absolute atomic E-state index is 0.0274. The minimum atomic E-state index is -0.0484. The molecule has 3 nitrogen and oxygen atoms in total. The number of ether oxygens (including phenoxy) is 1. The van der Waals surface area contributed by atoms with Crippen LogP contribution in [0.3, 0.4) is 0 Å². The molecule has 35 heavy (non-hydrogen) atoms. The zero-order chi connectivity index (χ0) is 25.1. The van der Waals surface area contributed by atoms with Crippen LogP contribution < -0.4 is 0 Å². The summed E-state index contributed by atoms with van der Waals surface area (Å²) in [5.74, 6) is 4.79. The van der Waals surface area contributed by atoms with E-state index in [0.29, 0.717) is 29.8 Å². The van der Waals surface area contributed by atoms with Gasteiger partial charge in [-0.05, 0) is 117 Å². The van der Waals surface area contributed by atoms with E-state index in [2.05, 4.69) is 27.7 Å². The number of carbonyl (C=O) groups excluding carboxylic acids is 1.